The van der Waals surface area contributed by atoms with Crippen LogP contribution in [0.3, 0.4) is 0 Å². The van der Waals surface area contributed by atoms with E-state index < -0.39 is 0 Å². The van der Waals surface area contributed by atoms with Crippen molar-refractivity contribution < 1.29 is 14.1 Å². The van der Waals surface area contributed by atoms with Crippen molar-refractivity contribution in [3.8, 4) is 5.88 Å². The monoisotopic (exact) mass is 320 g/mol. The lowest BCUT2D eigenvalue weighted by Gasteiger charge is -2.11. The molecule has 1 aliphatic rings. The third-order valence-electron chi connectivity index (χ3n) is 3.14. The largest absolute Gasteiger partial charge is 0.473 e. The number of hydrogen-bond acceptors (Lipinski definition) is 7. The first-order chi connectivity index (χ1) is 10.7. The highest BCUT2D eigenvalue weighted by Gasteiger charge is 2.18. The molecule has 2 aromatic rings. The van der Waals surface area contributed by atoms with Crippen LogP contribution in [-0.2, 0) is 6.54 Å². The number of aromatic nitrogens is 3. The molecule has 1 fully saturated rings. The van der Waals surface area contributed by atoms with Gasteiger partial charge in [0.15, 0.2) is 5.82 Å². The van der Waals surface area contributed by atoms with Gasteiger partial charge in [0.2, 0.25) is 11.8 Å². The molecule has 0 unspecified atom stereocenters. The number of carbonyl (C=O) groups excluding carboxylic acids is 1. The number of rotatable bonds is 5. The second-order valence-electron chi connectivity index (χ2n) is 4.90. The molecule has 7 nitrogen and oxygen atoms in total. The van der Waals surface area contributed by atoms with E-state index in [9.17, 15) is 4.79 Å². The molecule has 3 rings (SSSR count). The molecular weight excluding hydrogens is 304 g/mol. The van der Waals surface area contributed by atoms with Gasteiger partial charge in [-0.2, -0.15) is 16.7 Å². The van der Waals surface area contributed by atoms with Crippen LogP contribution in [0, 0.1) is 6.92 Å². The lowest BCUT2D eigenvalue weighted by molar-refractivity contribution is 0.0945. The number of nitrogens with one attached hydrogen (secondary N) is 1. The Balaban J connectivity index is 1.59. The van der Waals surface area contributed by atoms with Crippen LogP contribution in [0.1, 0.15) is 28.5 Å². The normalized spacial score (nSPS) is 17.4. The number of nitrogens with zero attached hydrogens (tertiary/aromatic N) is 3. The lowest BCUT2D eigenvalue weighted by atomic mass is 10.2. The molecule has 0 bridgehead atoms. The van der Waals surface area contributed by atoms with Crippen molar-refractivity contribution >= 4 is 17.7 Å². The third kappa shape index (κ3) is 3.76. The van der Waals surface area contributed by atoms with Gasteiger partial charge in [-0.15, -0.1) is 0 Å². The van der Waals surface area contributed by atoms with E-state index in [4.69, 9.17) is 9.26 Å². The molecule has 3 heterocycles. The van der Waals surface area contributed by atoms with E-state index in [-0.39, 0.29) is 18.6 Å². The minimum absolute atomic E-state index is 0.178. The van der Waals surface area contributed by atoms with Crippen LogP contribution in [0.2, 0.25) is 0 Å². The first-order valence-electron chi connectivity index (χ1n) is 6.98. The van der Waals surface area contributed by atoms with Gasteiger partial charge >= 0.3 is 0 Å². The van der Waals surface area contributed by atoms with Crippen molar-refractivity contribution in [2.24, 2.45) is 0 Å². The summed E-state index contributed by atoms with van der Waals surface area (Å²) in [5.74, 6) is 3.23. The number of amides is 1. The van der Waals surface area contributed by atoms with E-state index in [0.717, 1.165) is 17.9 Å². The number of hydrogen-bond donors (Lipinski definition) is 1. The van der Waals surface area contributed by atoms with Crippen LogP contribution in [0.5, 0.6) is 5.88 Å². The summed E-state index contributed by atoms with van der Waals surface area (Å²) in [6, 6.07) is 3.29. The summed E-state index contributed by atoms with van der Waals surface area (Å²) in [7, 11) is 0. The molecule has 0 aliphatic carbocycles. The molecule has 2 aromatic heterocycles. The molecular formula is C14H16N4O3S. The van der Waals surface area contributed by atoms with Gasteiger partial charge in [0.25, 0.3) is 5.91 Å². The molecule has 1 aliphatic heterocycles. The van der Waals surface area contributed by atoms with E-state index >= 15 is 0 Å². The van der Waals surface area contributed by atoms with Crippen LogP contribution >= 0.6 is 11.8 Å². The first kappa shape index (κ1) is 14.8. The minimum atomic E-state index is -0.232. The second-order valence-corrected chi connectivity index (χ2v) is 6.05. The van der Waals surface area contributed by atoms with E-state index in [1.165, 1.54) is 0 Å². The summed E-state index contributed by atoms with van der Waals surface area (Å²) >= 11 is 1.86. The van der Waals surface area contributed by atoms with Gasteiger partial charge in [-0.1, -0.05) is 5.16 Å². The number of thioether (sulfide) groups is 1. The van der Waals surface area contributed by atoms with Crippen molar-refractivity contribution in [3.05, 3.63) is 35.6 Å². The molecule has 1 saturated heterocycles. The molecule has 0 radical (unpaired) electrons. The Kier molecular flexibility index (Phi) is 4.57. The molecule has 1 atom stereocenters. The van der Waals surface area contributed by atoms with Crippen LogP contribution in [0.15, 0.2) is 22.9 Å². The summed E-state index contributed by atoms with van der Waals surface area (Å²) in [5.41, 5.74) is 0.492. The summed E-state index contributed by atoms with van der Waals surface area (Å²) in [4.78, 5) is 20.3. The van der Waals surface area contributed by atoms with Crippen molar-refractivity contribution in [1.29, 1.82) is 0 Å². The first-order valence-corrected chi connectivity index (χ1v) is 8.14. The highest BCUT2D eigenvalue weighted by molar-refractivity contribution is 7.99. The average molecular weight is 320 g/mol. The minimum Gasteiger partial charge on any atom is -0.473 e. The Hall–Kier alpha value is -2.09. The fourth-order valence-corrected chi connectivity index (χ4v) is 3.16. The van der Waals surface area contributed by atoms with Gasteiger partial charge in [0.05, 0.1) is 6.54 Å². The maximum absolute atomic E-state index is 12.1. The molecule has 8 heteroatoms. The Morgan fingerprint density at radius 3 is 3.23 bits per heavy atom. The van der Waals surface area contributed by atoms with Crippen molar-refractivity contribution in [2.75, 3.05) is 11.5 Å². The SMILES string of the molecule is Cc1noc(CNC(=O)c2ccnc(O[C@H]3CCSC3)c2)n1. The predicted octanol–water partition coefficient (Wildman–Crippen LogP) is 1.59. The number of pyridine rings is 1. The van der Waals surface area contributed by atoms with Crippen LogP contribution < -0.4 is 10.1 Å². The lowest BCUT2D eigenvalue weighted by Crippen LogP contribution is -2.23. The summed E-state index contributed by atoms with van der Waals surface area (Å²) in [5, 5.41) is 6.40. The molecule has 22 heavy (non-hydrogen) atoms. The van der Waals surface area contributed by atoms with E-state index in [1.54, 1.807) is 25.3 Å². The van der Waals surface area contributed by atoms with Crippen LogP contribution in [0.4, 0.5) is 0 Å². The number of ether oxygens (including phenoxy) is 1. The van der Waals surface area contributed by atoms with Gasteiger partial charge in [0.1, 0.15) is 6.10 Å². The zero-order valence-electron chi connectivity index (χ0n) is 12.1. The van der Waals surface area contributed by atoms with Crippen molar-refractivity contribution in [3.63, 3.8) is 0 Å². The predicted molar refractivity (Wildman–Crippen MR) is 80.8 cm³/mol. The summed E-state index contributed by atoms with van der Waals surface area (Å²) in [6.07, 6.45) is 2.76. The number of carbonyl (C=O) groups is 1. The quantitative estimate of drug-likeness (QED) is 0.894. The van der Waals surface area contributed by atoms with Crippen LogP contribution in [-0.4, -0.2) is 38.6 Å². The topological polar surface area (TPSA) is 90.1 Å². The maximum atomic E-state index is 12.1. The summed E-state index contributed by atoms with van der Waals surface area (Å²) in [6.45, 7) is 1.92. The Morgan fingerprint density at radius 2 is 2.50 bits per heavy atom. The van der Waals surface area contributed by atoms with Gasteiger partial charge in [-0.25, -0.2) is 4.98 Å². The standard InChI is InChI=1S/C14H16N4O3S/c1-9-17-13(21-18-9)7-16-14(19)10-2-4-15-12(6-10)20-11-3-5-22-8-11/h2,4,6,11H,3,5,7-8H2,1H3,(H,16,19)/t11-/m0/s1. The molecule has 116 valence electrons. The fourth-order valence-electron chi connectivity index (χ4n) is 2.06. The molecule has 0 spiro atoms. The third-order valence-corrected chi connectivity index (χ3v) is 4.27. The van der Waals surface area contributed by atoms with Crippen molar-refractivity contribution in [2.45, 2.75) is 26.0 Å². The Bertz CT molecular complexity index is 655. The number of aryl methyl sites for hydroxylation is 1. The van der Waals surface area contributed by atoms with E-state index in [0.29, 0.717) is 23.2 Å². The highest BCUT2D eigenvalue weighted by Crippen LogP contribution is 2.22. The Labute approximate surface area is 131 Å². The maximum Gasteiger partial charge on any atom is 0.251 e. The van der Waals surface area contributed by atoms with E-state index in [2.05, 4.69) is 20.4 Å². The van der Waals surface area contributed by atoms with E-state index in [1.807, 2.05) is 11.8 Å². The zero-order valence-corrected chi connectivity index (χ0v) is 12.9. The fraction of sp³-hybridized carbons (Fsp3) is 0.429. The molecule has 1 N–H and O–H groups in total. The van der Waals surface area contributed by atoms with Crippen molar-refractivity contribution in [1.82, 2.24) is 20.4 Å². The van der Waals surface area contributed by atoms with Gasteiger partial charge in [0, 0.05) is 23.6 Å². The van der Waals surface area contributed by atoms with Gasteiger partial charge in [-0.05, 0) is 25.2 Å². The van der Waals surface area contributed by atoms with Gasteiger partial charge < -0.3 is 14.6 Å². The highest BCUT2D eigenvalue weighted by atomic mass is 32.2. The van der Waals surface area contributed by atoms with Gasteiger partial charge in [-0.3, -0.25) is 4.79 Å². The summed E-state index contributed by atoms with van der Waals surface area (Å²) < 4.78 is 10.7. The van der Waals surface area contributed by atoms with Crippen LogP contribution in [0.25, 0.3) is 0 Å². The zero-order chi connectivity index (χ0) is 15.4. The Morgan fingerprint density at radius 1 is 1.59 bits per heavy atom. The smallest absolute Gasteiger partial charge is 0.251 e. The second kappa shape index (κ2) is 6.78. The average Bonchev–Trinajstić information content (AvgIpc) is 3.17. The molecule has 1 amide bonds. The molecule has 0 aromatic carbocycles. The molecule has 0 saturated carbocycles.